The van der Waals surface area contributed by atoms with E-state index in [2.05, 4.69) is 9.72 Å². The van der Waals surface area contributed by atoms with Crippen LogP contribution < -0.4 is 10.3 Å². The molecule has 2 aromatic rings. The first kappa shape index (κ1) is 17.0. The van der Waals surface area contributed by atoms with Crippen LogP contribution >= 0.6 is 0 Å². The summed E-state index contributed by atoms with van der Waals surface area (Å²) in [7, 11) is 2.37. The van der Waals surface area contributed by atoms with E-state index in [0.29, 0.717) is 0 Å². The Labute approximate surface area is 135 Å². The smallest absolute Gasteiger partial charge is 0.340 e. The number of methoxy groups -OCH3 is 2. The molecule has 0 unspecified atom stereocenters. The van der Waals surface area contributed by atoms with Gasteiger partial charge in [0.15, 0.2) is 11.5 Å². The molecule has 1 aromatic carbocycles. The van der Waals surface area contributed by atoms with Crippen molar-refractivity contribution < 1.29 is 24.3 Å². The van der Waals surface area contributed by atoms with Crippen molar-refractivity contribution in [1.29, 1.82) is 0 Å². The molecular weight excluding hydrogens is 320 g/mol. The maximum atomic E-state index is 12.1. The zero-order valence-electron chi connectivity index (χ0n) is 13.1. The molecule has 0 fully saturated rings. The number of nitrogens with one attached hydrogen (secondary N) is 1. The number of hydrogen-bond acceptors (Lipinski definition) is 7. The van der Waals surface area contributed by atoms with Gasteiger partial charge in [-0.2, -0.15) is 0 Å². The molecule has 9 heteroatoms. The van der Waals surface area contributed by atoms with Crippen molar-refractivity contribution in [3.8, 4) is 22.6 Å². The summed E-state index contributed by atoms with van der Waals surface area (Å²) in [5, 5.41) is 21.6. The number of aryl methyl sites for hydroxylation is 1. The maximum absolute atomic E-state index is 12.1. The Bertz CT molecular complexity index is 886. The SMILES string of the molecule is COC(=O)c1c(C)[nH]c(=O)c(O)c1-c1cccc(OC)c1[N+](=O)[O-]. The second-order valence-electron chi connectivity index (χ2n) is 4.78. The first-order valence-corrected chi connectivity index (χ1v) is 6.69. The lowest BCUT2D eigenvalue weighted by molar-refractivity contribution is -0.385. The number of para-hydroxylation sites is 1. The Hall–Kier alpha value is -3.36. The summed E-state index contributed by atoms with van der Waals surface area (Å²) in [4.78, 5) is 37.0. The molecule has 0 bridgehead atoms. The van der Waals surface area contributed by atoms with Gasteiger partial charge in [-0.3, -0.25) is 14.9 Å². The zero-order chi connectivity index (χ0) is 18.0. The Kier molecular flexibility index (Phi) is 4.54. The third-order valence-corrected chi connectivity index (χ3v) is 3.44. The third kappa shape index (κ3) is 2.67. The van der Waals surface area contributed by atoms with Gasteiger partial charge in [-0.05, 0) is 19.1 Å². The molecule has 126 valence electrons. The van der Waals surface area contributed by atoms with E-state index in [4.69, 9.17) is 4.74 Å². The van der Waals surface area contributed by atoms with Crippen LogP contribution in [0.3, 0.4) is 0 Å². The van der Waals surface area contributed by atoms with Crippen molar-refractivity contribution >= 4 is 11.7 Å². The van der Waals surface area contributed by atoms with Crippen molar-refractivity contribution in [3.05, 3.63) is 49.9 Å². The van der Waals surface area contributed by atoms with E-state index < -0.39 is 27.9 Å². The van der Waals surface area contributed by atoms with E-state index in [9.17, 15) is 24.8 Å². The number of nitro benzene ring substituents is 1. The predicted octanol–water partition coefficient (Wildman–Crippen LogP) is 1.76. The molecule has 2 rings (SSSR count). The largest absolute Gasteiger partial charge is 0.503 e. The van der Waals surface area contributed by atoms with Crippen molar-refractivity contribution in [1.82, 2.24) is 4.98 Å². The summed E-state index contributed by atoms with van der Waals surface area (Å²) in [6.07, 6.45) is 0. The fraction of sp³-hybridized carbons (Fsp3) is 0.200. The first-order valence-electron chi connectivity index (χ1n) is 6.69. The topological polar surface area (TPSA) is 132 Å². The Morgan fingerprint density at radius 2 is 2.00 bits per heavy atom. The van der Waals surface area contributed by atoms with E-state index in [1.807, 2.05) is 0 Å². The van der Waals surface area contributed by atoms with Gasteiger partial charge in [0.25, 0.3) is 5.56 Å². The zero-order valence-corrected chi connectivity index (χ0v) is 13.1. The van der Waals surface area contributed by atoms with Crippen LogP contribution in [0.5, 0.6) is 11.5 Å². The van der Waals surface area contributed by atoms with E-state index in [-0.39, 0.29) is 28.1 Å². The molecule has 2 N–H and O–H groups in total. The van der Waals surface area contributed by atoms with Gasteiger partial charge in [0.05, 0.1) is 35.8 Å². The van der Waals surface area contributed by atoms with Gasteiger partial charge < -0.3 is 19.6 Å². The van der Waals surface area contributed by atoms with E-state index in [1.165, 1.54) is 32.2 Å². The van der Waals surface area contributed by atoms with Gasteiger partial charge in [-0.1, -0.05) is 6.07 Å². The molecule has 24 heavy (non-hydrogen) atoms. The molecule has 0 spiro atoms. The fourth-order valence-electron chi connectivity index (χ4n) is 2.41. The Morgan fingerprint density at radius 1 is 1.33 bits per heavy atom. The van der Waals surface area contributed by atoms with Crippen LogP contribution in [0.4, 0.5) is 5.69 Å². The van der Waals surface area contributed by atoms with Gasteiger partial charge >= 0.3 is 11.7 Å². The highest BCUT2D eigenvalue weighted by Crippen LogP contribution is 2.42. The van der Waals surface area contributed by atoms with E-state index in [0.717, 1.165) is 7.11 Å². The summed E-state index contributed by atoms with van der Waals surface area (Å²) in [6, 6.07) is 4.11. The molecule has 0 amide bonds. The second-order valence-corrected chi connectivity index (χ2v) is 4.78. The Morgan fingerprint density at radius 3 is 2.54 bits per heavy atom. The summed E-state index contributed by atoms with van der Waals surface area (Å²) in [5.41, 5.74) is -1.85. The molecule has 1 aromatic heterocycles. The number of carbonyl (C=O) groups excluding carboxylic acids is 1. The molecule has 0 aliphatic heterocycles. The van der Waals surface area contributed by atoms with Crippen molar-refractivity contribution in [2.24, 2.45) is 0 Å². The van der Waals surface area contributed by atoms with Gasteiger partial charge in [0.1, 0.15) is 0 Å². The second kappa shape index (κ2) is 6.41. The highest BCUT2D eigenvalue weighted by Gasteiger charge is 2.30. The quantitative estimate of drug-likeness (QED) is 0.494. The van der Waals surface area contributed by atoms with Gasteiger partial charge in [0.2, 0.25) is 0 Å². The van der Waals surface area contributed by atoms with Crippen LogP contribution in [-0.2, 0) is 4.74 Å². The minimum atomic E-state index is -0.882. The lowest BCUT2D eigenvalue weighted by atomic mass is 9.96. The molecule has 1 heterocycles. The fourth-order valence-corrected chi connectivity index (χ4v) is 2.41. The van der Waals surface area contributed by atoms with Crippen LogP contribution in [0.25, 0.3) is 11.1 Å². The lowest BCUT2D eigenvalue weighted by Crippen LogP contribution is -2.16. The van der Waals surface area contributed by atoms with Crippen LogP contribution in [0.1, 0.15) is 16.1 Å². The number of aromatic hydroxyl groups is 1. The van der Waals surface area contributed by atoms with Gasteiger partial charge in [0, 0.05) is 5.69 Å². The highest BCUT2D eigenvalue weighted by molar-refractivity contribution is 6.01. The molecule has 9 nitrogen and oxygen atoms in total. The average Bonchev–Trinajstić information content (AvgIpc) is 2.56. The number of benzene rings is 1. The molecule has 0 aliphatic carbocycles. The first-order chi connectivity index (χ1) is 11.3. The number of aromatic nitrogens is 1. The molecule has 0 saturated heterocycles. The van der Waals surface area contributed by atoms with Crippen molar-refractivity contribution in [3.63, 3.8) is 0 Å². The van der Waals surface area contributed by atoms with E-state index >= 15 is 0 Å². The summed E-state index contributed by atoms with van der Waals surface area (Å²) >= 11 is 0. The van der Waals surface area contributed by atoms with E-state index in [1.54, 1.807) is 0 Å². The van der Waals surface area contributed by atoms with Crippen LogP contribution in [-0.4, -0.2) is 35.2 Å². The molecule has 0 atom stereocenters. The van der Waals surface area contributed by atoms with Gasteiger partial charge in [-0.25, -0.2) is 4.79 Å². The van der Waals surface area contributed by atoms with Crippen LogP contribution in [0.15, 0.2) is 23.0 Å². The summed E-state index contributed by atoms with van der Waals surface area (Å²) in [6.45, 7) is 1.42. The maximum Gasteiger partial charge on any atom is 0.340 e. The lowest BCUT2D eigenvalue weighted by Gasteiger charge is -2.13. The monoisotopic (exact) mass is 334 g/mol. The molecule has 0 aliphatic rings. The number of nitro groups is 1. The average molecular weight is 334 g/mol. The number of hydrogen-bond donors (Lipinski definition) is 2. The molecule has 0 radical (unpaired) electrons. The number of aromatic amines is 1. The number of H-pyrrole nitrogens is 1. The third-order valence-electron chi connectivity index (χ3n) is 3.44. The van der Waals surface area contributed by atoms with Crippen molar-refractivity contribution in [2.75, 3.05) is 14.2 Å². The number of rotatable bonds is 4. The molecular formula is C15H14N2O7. The van der Waals surface area contributed by atoms with Gasteiger partial charge in [-0.15, -0.1) is 0 Å². The number of esters is 1. The predicted molar refractivity (Wildman–Crippen MR) is 83.4 cm³/mol. The summed E-state index contributed by atoms with van der Waals surface area (Å²) < 4.78 is 9.63. The minimum absolute atomic E-state index is 0.0781. The number of carbonyl (C=O) groups is 1. The number of nitrogens with zero attached hydrogens (tertiary/aromatic N) is 1. The summed E-state index contributed by atoms with van der Waals surface area (Å²) in [5.74, 6) is -1.76. The number of ether oxygens (including phenoxy) is 2. The molecule has 0 saturated carbocycles. The highest BCUT2D eigenvalue weighted by atomic mass is 16.6. The number of pyridine rings is 1. The van der Waals surface area contributed by atoms with Crippen LogP contribution in [0.2, 0.25) is 0 Å². The minimum Gasteiger partial charge on any atom is -0.503 e. The van der Waals surface area contributed by atoms with Crippen molar-refractivity contribution in [2.45, 2.75) is 6.92 Å². The van der Waals surface area contributed by atoms with Crippen LogP contribution in [0, 0.1) is 17.0 Å². The normalized spacial score (nSPS) is 10.3. The Balaban J connectivity index is 3.00. The standard InChI is InChI=1S/C15H14N2O7/c1-7-10(15(20)24-3)11(13(18)14(19)16-7)8-5-4-6-9(23-2)12(8)17(21)22/h4-6,18H,1-3H3,(H,16,19).